The number of aryl methyl sites for hydroxylation is 1. The third-order valence-electron chi connectivity index (χ3n) is 4.37. The van der Waals surface area contributed by atoms with Crippen LogP contribution in [0.5, 0.6) is 11.5 Å². The van der Waals surface area contributed by atoms with Crippen molar-refractivity contribution in [3.05, 3.63) is 23.3 Å². The average molecular weight is 453 g/mol. The van der Waals surface area contributed by atoms with Crippen molar-refractivity contribution in [3.8, 4) is 11.5 Å². The first-order chi connectivity index (χ1) is 14.3. The molecular formula is C23H41KO6. The maximum absolute atomic E-state index is 8.07. The molecule has 0 unspecified atom stereocenters. The molecule has 0 spiro atoms. The van der Waals surface area contributed by atoms with Crippen LogP contribution in [0.2, 0.25) is 0 Å². The van der Waals surface area contributed by atoms with E-state index >= 15 is 0 Å². The predicted molar refractivity (Wildman–Crippen MR) is 122 cm³/mol. The summed E-state index contributed by atoms with van der Waals surface area (Å²) in [6.07, 6.45) is 6.42. The van der Waals surface area contributed by atoms with Crippen LogP contribution < -0.4 is 9.47 Å². The van der Waals surface area contributed by atoms with E-state index in [9.17, 15) is 0 Å². The van der Waals surface area contributed by atoms with Gasteiger partial charge in [-0.2, -0.15) is 0 Å². The van der Waals surface area contributed by atoms with Crippen molar-refractivity contribution < 1.29 is 28.8 Å². The molecular weight excluding hydrogens is 411 g/mol. The van der Waals surface area contributed by atoms with E-state index in [0.29, 0.717) is 46.4 Å². The number of hydrogen-bond acceptors (Lipinski definition) is 6. The standard InChI is InChI=1S/C19H30O5.C4H10O.K.H/c1-3-5-7-20-8-9-21-10-11-22-14-17-13-19-18(23-15-24-19)12-16(17)6-4-2;1-2-3-4-5;;/h12-13H,3-11,14-15H2,1-2H3;5H,2-4H2,1H3;;. The summed E-state index contributed by atoms with van der Waals surface area (Å²) in [6, 6.07) is 4.12. The van der Waals surface area contributed by atoms with E-state index in [1.807, 2.05) is 6.07 Å². The summed E-state index contributed by atoms with van der Waals surface area (Å²) in [5.41, 5.74) is 2.44. The summed E-state index contributed by atoms with van der Waals surface area (Å²) in [7, 11) is 0. The molecule has 1 aliphatic rings. The van der Waals surface area contributed by atoms with Crippen LogP contribution >= 0.6 is 0 Å². The molecule has 0 fully saturated rings. The molecule has 0 bridgehead atoms. The molecule has 0 aliphatic carbocycles. The van der Waals surface area contributed by atoms with Gasteiger partial charge in [0.15, 0.2) is 11.5 Å². The Morgan fingerprint density at radius 2 is 1.33 bits per heavy atom. The molecule has 7 heteroatoms. The van der Waals surface area contributed by atoms with Gasteiger partial charge in [0.2, 0.25) is 6.79 Å². The molecule has 1 aromatic rings. The summed E-state index contributed by atoms with van der Waals surface area (Å²) in [5.74, 6) is 1.66. The van der Waals surface area contributed by atoms with Crippen molar-refractivity contribution in [1.29, 1.82) is 0 Å². The Kier molecular flexibility index (Phi) is 21.4. The van der Waals surface area contributed by atoms with Gasteiger partial charge in [0.25, 0.3) is 0 Å². The fraction of sp³-hybridized carbons (Fsp3) is 0.739. The molecule has 1 aliphatic heterocycles. The van der Waals surface area contributed by atoms with E-state index in [-0.39, 0.29) is 51.4 Å². The number of hydrogen-bond donors (Lipinski definition) is 1. The van der Waals surface area contributed by atoms with Crippen molar-refractivity contribution in [3.63, 3.8) is 0 Å². The number of ether oxygens (including phenoxy) is 5. The summed E-state index contributed by atoms with van der Waals surface area (Å²) in [5, 5.41) is 8.07. The fourth-order valence-electron chi connectivity index (χ4n) is 2.69. The Bertz CT molecular complexity index is 525. The van der Waals surface area contributed by atoms with Gasteiger partial charge in [-0.1, -0.05) is 40.0 Å². The number of unbranched alkanes of at least 4 members (excludes halogenated alkanes) is 2. The molecule has 1 aromatic carbocycles. The Hall–Kier alpha value is 0.296. The number of rotatable bonds is 15. The quantitative estimate of drug-likeness (QED) is 0.322. The normalized spacial score (nSPS) is 11.6. The van der Waals surface area contributed by atoms with Crippen LogP contribution in [0.15, 0.2) is 12.1 Å². The Labute approximate surface area is 225 Å². The first-order valence-corrected chi connectivity index (χ1v) is 11.0. The van der Waals surface area contributed by atoms with E-state index in [0.717, 1.165) is 56.6 Å². The summed E-state index contributed by atoms with van der Waals surface area (Å²) in [4.78, 5) is 0. The van der Waals surface area contributed by atoms with Gasteiger partial charge in [-0.05, 0) is 42.5 Å². The molecule has 0 amide bonds. The molecule has 1 N–H and O–H groups in total. The predicted octanol–water partition coefficient (Wildman–Crippen LogP) is 3.85. The minimum absolute atomic E-state index is 0. The number of aliphatic hydroxyl groups excluding tert-OH is 1. The van der Waals surface area contributed by atoms with Crippen LogP contribution in [0.3, 0.4) is 0 Å². The Morgan fingerprint density at radius 3 is 1.87 bits per heavy atom. The van der Waals surface area contributed by atoms with Crippen LogP contribution in [0, 0.1) is 0 Å². The zero-order chi connectivity index (χ0) is 21.2. The molecule has 170 valence electrons. The van der Waals surface area contributed by atoms with Gasteiger partial charge in [-0.3, -0.25) is 0 Å². The van der Waals surface area contributed by atoms with Crippen LogP contribution in [-0.2, 0) is 27.2 Å². The van der Waals surface area contributed by atoms with E-state index in [1.165, 1.54) is 11.1 Å². The van der Waals surface area contributed by atoms with Gasteiger partial charge in [0.1, 0.15) is 0 Å². The van der Waals surface area contributed by atoms with Gasteiger partial charge in [-0.15, -0.1) is 0 Å². The van der Waals surface area contributed by atoms with Gasteiger partial charge in [-0.25, -0.2) is 0 Å². The summed E-state index contributed by atoms with van der Waals surface area (Å²) in [6.45, 7) is 10.9. The van der Waals surface area contributed by atoms with E-state index in [4.69, 9.17) is 28.8 Å². The number of benzene rings is 1. The van der Waals surface area contributed by atoms with E-state index < -0.39 is 0 Å². The van der Waals surface area contributed by atoms with Crippen molar-refractivity contribution >= 4 is 51.4 Å². The molecule has 0 aromatic heterocycles. The van der Waals surface area contributed by atoms with E-state index in [1.54, 1.807) is 0 Å². The molecule has 6 nitrogen and oxygen atoms in total. The zero-order valence-electron chi connectivity index (χ0n) is 18.5. The Balaban J connectivity index is 0.00000125. The van der Waals surface area contributed by atoms with Gasteiger partial charge in [0.05, 0.1) is 33.0 Å². The minimum atomic E-state index is 0. The van der Waals surface area contributed by atoms with Crippen molar-refractivity contribution in [2.24, 2.45) is 0 Å². The molecule has 0 saturated carbocycles. The molecule has 2 rings (SSSR count). The average Bonchev–Trinajstić information content (AvgIpc) is 3.18. The second-order valence-corrected chi connectivity index (χ2v) is 6.93. The van der Waals surface area contributed by atoms with Gasteiger partial charge in [0, 0.05) is 13.2 Å². The van der Waals surface area contributed by atoms with Crippen LogP contribution in [-0.4, -0.2) is 103 Å². The summed E-state index contributed by atoms with van der Waals surface area (Å²) >= 11 is 0. The van der Waals surface area contributed by atoms with Crippen molar-refractivity contribution in [1.82, 2.24) is 0 Å². The molecule has 0 saturated heterocycles. The van der Waals surface area contributed by atoms with Crippen LogP contribution in [0.25, 0.3) is 0 Å². The van der Waals surface area contributed by atoms with Crippen molar-refractivity contribution in [2.75, 3.05) is 46.4 Å². The molecule has 30 heavy (non-hydrogen) atoms. The molecule has 0 radical (unpaired) electrons. The number of fused-ring (bicyclic) bond motifs is 1. The maximum atomic E-state index is 8.07. The molecule has 0 atom stereocenters. The van der Waals surface area contributed by atoms with Crippen LogP contribution in [0.4, 0.5) is 0 Å². The third kappa shape index (κ3) is 13.7. The first kappa shape index (κ1) is 30.3. The second-order valence-electron chi connectivity index (χ2n) is 6.93. The topological polar surface area (TPSA) is 66.4 Å². The molecule has 1 heterocycles. The third-order valence-corrected chi connectivity index (χ3v) is 4.37. The van der Waals surface area contributed by atoms with Gasteiger partial charge >= 0.3 is 51.4 Å². The zero-order valence-corrected chi connectivity index (χ0v) is 18.5. The van der Waals surface area contributed by atoms with Gasteiger partial charge < -0.3 is 28.8 Å². The first-order valence-electron chi connectivity index (χ1n) is 11.0. The van der Waals surface area contributed by atoms with E-state index in [2.05, 4.69) is 26.8 Å². The van der Waals surface area contributed by atoms with Crippen molar-refractivity contribution in [2.45, 2.75) is 65.9 Å². The number of aliphatic hydroxyl groups is 1. The monoisotopic (exact) mass is 452 g/mol. The summed E-state index contributed by atoms with van der Waals surface area (Å²) < 4.78 is 27.6. The second kappa shape index (κ2) is 21.2. The van der Waals surface area contributed by atoms with Crippen LogP contribution in [0.1, 0.15) is 64.0 Å². The SMILES string of the molecule is CCCCO.CCCCOCCOCCOCc1cc2c(cc1CCC)OCO2.[KH]. The fourth-order valence-corrected chi connectivity index (χ4v) is 2.69. The Morgan fingerprint density at radius 1 is 0.767 bits per heavy atom.